The molecule has 98 valence electrons. The second-order valence-electron chi connectivity index (χ2n) is 5.46. The van der Waals surface area contributed by atoms with Gasteiger partial charge in [0.1, 0.15) is 6.67 Å². The third kappa shape index (κ3) is 2.57. The lowest BCUT2D eigenvalue weighted by atomic mass is 9.99. The monoisotopic (exact) mass is 248 g/mol. The average Bonchev–Trinajstić information content (AvgIpc) is 3.24. The third-order valence-electron chi connectivity index (χ3n) is 4.19. The van der Waals surface area contributed by atoms with Crippen molar-refractivity contribution in [3.8, 4) is 0 Å². The van der Waals surface area contributed by atoms with E-state index < -0.39 is 0 Å². The number of halogens is 1. The van der Waals surface area contributed by atoms with Crippen LogP contribution in [0.15, 0.2) is 30.3 Å². The molecule has 2 fully saturated rings. The van der Waals surface area contributed by atoms with Crippen molar-refractivity contribution in [2.24, 2.45) is 5.92 Å². The van der Waals surface area contributed by atoms with E-state index in [1.54, 1.807) is 0 Å². The largest absolute Gasteiger partial charge is 0.311 e. The smallest absolute Gasteiger partial charge is 0.102 e. The molecular formula is C15H21FN2. The van der Waals surface area contributed by atoms with Crippen LogP contribution >= 0.6 is 0 Å². The second kappa shape index (κ2) is 5.37. The lowest BCUT2D eigenvalue weighted by molar-refractivity contribution is 0.114. The summed E-state index contributed by atoms with van der Waals surface area (Å²) in [5, 5.41) is 3.65. The lowest BCUT2D eigenvalue weighted by Gasteiger charge is -2.40. The van der Waals surface area contributed by atoms with Gasteiger partial charge in [-0.1, -0.05) is 30.3 Å². The van der Waals surface area contributed by atoms with Gasteiger partial charge in [-0.15, -0.1) is 0 Å². The normalized spacial score (nSPS) is 29.4. The lowest BCUT2D eigenvalue weighted by Crippen LogP contribution is -2.53. The van der Waals surface area contributed by atoms with Crippen molar-refractivity contribution < 1.29 is 4.39 Å². The molecule has 1 heterocycles. The SMILES string of the molecule is FCCN1CC(C2CC2)NCC1c1ccccc1. The summed E-state index contributed by atoms with van der Waals surface area (Å²) in [5.41, 5.74) is 1.30. The van der Waals surface area contributed by atoms with E-state index in [2.05, 4.69) is 34.5 Å². The first-order valence-electron chi connectivity index (χ1n) is 6.97. The number of alkyl halides is 1. The second-order valence-corrected chi connectivity index (χ2v) is 5.46. The zero-order valence-corrected chi connectivity index (χ0v) is 10.7. The Kier molecular flexibility index (Phi) is 3.62. The number of hydrogen-bond donors (Lipinski definition) is 1. The Morgan fingerprint density at radius 1 is 1.22 bits per heavy atom. The Labute approximate surface area is 108 Å². The van der Waals surface area contributed by atoms with Crippen molar-refractivity contribution in [3.63, 3.8) is 0 Å². The first-order chi connectivity index (χ1) is 8.88. The number of nitrogens with one attached hydrogen (secondary N) is 1. The summed E-state index contributed by atoms with van der Waals surface area (Å²) in [6, 6.07) is 11.4. The highest BCUT2D eigenvalue weighted by Gasteiger charge is 2.37. The molecule has 1 aromatic carbocycles. The molecule has 1 aliphatic carbocycles. The predicted molar refractivity (Wildman–Crippen MR) is 71.2 cm³/mol. The van der Waals surface area contributed by atoms with Crippen LogP contribution in [0.4, 0.5) is 4.39 Å². The van der Waals surface area contributed by atoms with Gasteiger partial charge in [0.2, 0.25) is 0 Å². The van der Waals surface area contributed by atoms with Gasteiger partial charge in [0.25, 0.3) is 0 Å². The molecule has 2 aliphatic rings. The van der Waals surface area contributed by atoms with Crippen LogP contribution in [0, 0.1) is 5.92 Å². The Bertz CT molecular complexity index is 377. The molecule has 1 saturated heterocycles. The Morgan fingerprint density at radius 3 is 2.67 bits per heavy atom. The van der Waals surface area contributed by atoms with Crippen LogP contribution in [0.25, 0.3) is 0 Å². The zero-order chi connectivity index (χ0) is 12.4. The van der Waals surface area contributed by atoms with Gasteiger partial charge in [-0.25, -0.2) is 4.39 Å². The van der Waals surface area contributed by atoms with E-state index in [-0.39, 0.29) is 6.67 Å². The van der Waals surface area contributed by atoms with Crippen molar-refractivity contribution in [1.82, 2.24) is 10.2 Å². The topological polar surface area (TPSA) is 15.3 Å². The molecule has 1 aromatic rings. The summed E-state index contributed by atoms with van der Waals surface area (Å²) in [5.74, 6) is 0.837. The van der Waals surface area contributed by atoms with Gasteiger partial charge in [0.15, 0.2) is 0 Å². The van der Waals surface area contributed by atoms with Crippen LogP contribution in [-0.4, -0.2) is 37.3 Å². The van der Waals surface area contributed by atoms with E-state index >= 15 is 0 Å². The fourth-order valence-electron chi connectivity index (χ4n) is 3.01. The molecule has 2 unspecified atom stereocenters. The van der Waals surface area contributed by atoms with Crippen LogP contribution in [0.2, 0.25) is 0 Å². The van der Waals surface area contributed by atoms with Gasteiger partial charge in [0.05, 0.1) is 0 Å². The maximum absolute atomic E-state index is 12.7. The Morgan fingerprint density at radius 2 is 2.00 bits per heavy atom. The molecule has 2 nitrogen and oxygen atoms in total. The van der Waals surface area contributed by atoms with Crippen LogP contribution in [0.1, 0.15) is 24.4 Å². The molecule has 0 aromatic heterocycles. The van der Waals surface area contributed by atoms with Crippen LogP contribution in [-0.2, 0) is 0 Å². The summed E-state index contributed by atoms with van der Waals surface area (Å²) in [7, 11) is 0. The molecule has 3 heteroatoms. The van der Waals surface area contributed by atoms with E-state index in [0.29, 0.717) is 18.6 Å². The maximum atomic E-state index is 12.7. The molecule has 18 heavy (non-hydrogen) atoms. The summed E-state index contributed by atoms with van der Waals surface area (Å²) in [6.07, 6.45) is 2.69. The van der Waals surface area contributed by atoms with E-state index in [9.17, 15) is 4.39 Å². The third-order valence-corrected chi connectivity index (χ3v) is 4.19. The number of piperazine rings is 1. The van der Waals surface area contributed by atoms with Crippen LogP contribution in [0.5, 0.6) is 0 Å². The summed E-state index contributed by atoms with van der Waals surface area (Å²) in [4.78, 5) is 2.31. The molecular weight excluding hydrogens is 227 g/mol. The predicted octanol–water partition coefficient (Wildman–Crippen LogP) is 2.38. The Hall–Kier alpha value is -0.930. The number of rotatable bonds is 4. The van der Waals surface area contributed by atoms with Gasteiger partial charge in [-0.3, -0.25) is 4.90 Å². The summed E-state index contributed by atoms with van der Waals surface area (Å²) in [6.45, 7) is 2.25. The molecule has 2 atom stereocenters. The van der Waals surface area contributed by atoms with Crippen molar-refractivity contribution in [2.45, 2.75) is 24.9 Å². The standard InChI is InChI=1S/C15H21FN2/c16-8-9-18-11-14(12-6-7-12)17-10-15(18)13-4-2-1-3-5-13/h1-5,12,14-15,17H,6-11H2. The van der Waals surface area contributed by atoms with Crippen molar-refractivity contribution in [3.05, 3.63) is 35.9 Å². The van der Waals surface area contributed by atoms with Gasteiger partial charge in [-0.05, 0) is 24.3 Å². The number of benzene rings is 1. The fraction of sp³-hybridized carbons (Fsp3) is 0.600. The van der Waals surface area contributed by atoms with E-state index in [1.807, 2.05) is 6.07 Å². The number of hydrogen-bond acceptors (Lipinski definition) is 2. The summed E-state index contributed by atoms with van der Waals surface area (Å²) < 4.78 is 12.7. The molecule has 0 spiro atoms. The molecule has 1 N–H and O–H groups in total. The molecule has 0 bridgehead atoms. The highest BCUT2D eigenvalue weighted by molar-refractivity contribution is 5.20. The minimum absolute atomic E-state index is 0.249. The van der Waals surface area contributed by atoms with Crippen LogP contribution in [0.3, 0.4) is 0 Å². The molecule has 0 radical (unpaired) electrons. The maximum Gasteiger partial charge on any atom is 0.102 e. The minimum atomic E-state index is -0.249. The van der Waals surface area contributed by atoms with Crippen molar-refractivity contribution in [2.75, 3.05) is 26.3 Å². The van der Waals surface area contributed by atoms with Crippen molar-refractivity contribution in [1.29, 1.82) is 0 Å². The quantitative estimate of drug-likeness (QED) is 0.880. The van der Waals surface area contributed by atoms with Gasteiger partial charge in [0, 0.05) is 31.7 Å². The summed E-state index contributed by atoms with van der Waals surface area (Å²) >= 11 is 0. The zero-order valence-electron chi connectivity index (χ0n) is 10.7. The average molecular weight is 248 g/mol. The Balaban J connectivity index is 1.72. The first-order valence-corrected chi connectivity index (χ1v) is 6.97. The van der Waals surface area contributed by atoms with Crippen molar-refractivity contribution >= 4 is 0 Å². The highest BCUT2D eigenvalue weighted by Crippen LogP contribution is 2.36. The van der Waals surface area contributed by atoms with Gasteiger partial charge in [-0.2, -0.15) is 0 Å². The molecule has 1 saturated carbocycles. The highest BCUT2D eigenvalue weighted by atomic mass is 19.1. The fourth-order valence-corrected chi connectivity index (χ4v) is 3.01. The van der Waals surface area contributed by atoms with Gasteiger partial charge >= 0.3 is 0 Å². The first kappa shape index (κ1) is 12.1. The number of nitrogens with zero attached hydrogens (tertiary/aromatic N) is 1. The van der Waals surface area contributed by atoms with Gasteiger partial charge < -0.3 is 5.32 Å². The van der Waals surface area contributed by atoms with Crippen LogP contribution < -0.4 is 5.32 Å². The minimum Gasteiger partial charge on any atom is -0.311 e. The molecule has 1 aliphatic heterocycles. The van der Waals surface area contributed by atoms with E-state index in [4.69, 9.17) is 0 Å². The van der Waals surface area contributed by atoms with E-state index in [1.165, 1.54) is 18.4 Å². The molecule has 0 amide bonds. The molecule has 3 rings (SSSR count). The van der Waals surface area contributed by atoms with E-state index in [0.717, 1.165) is 19.0 Å².